The molecule has 70 valence electrons. The van der Waals surface area contributed by atoms with Crippen LogP contribution >= 0.6 is 0 Å². The molecule has 0 saturated carbocycles. The minimum atomic E-state index is 0.410. The lowest BCUT2D eigenvalue weighted by atomic mass is 10.3. The summed E-state index contributed by atoms with van der Waals surface area (Å²) in [6.07, 6.45) is 1.99. The van der Waals surface area contributed by atoms with Crippen LogP contribution in [-0.4, -0.2) is 4.57 Å². The average molecular weight is 186 g/mol. The number of benzene rings is 1. The zero-order valence-electron chi connectivity index (χ0n) is 8.14. The number of rotatable bonds is 2. The first-order valence-electron chi connectivity index (χ1n) is 4.71. The Kier molecular flexibility index (Phi) is 2.19. The lowest BCUT2D eigenvalue weighted by Gasteiger charge is -1.88. The zero-order valence-corrected chi connectivity index (χ0v) is 8.14. The van der Waals surface area contributed by atoms with Crippen LogP contribution in [0.15, 0.2) is 30.6 Å². The van der Waals surface area contributed by atoms with Crippen LogP contribution < -0.4 is 4.57 Å². The smallest absolute Gasteiger partial charge is 0.230 e. The van der Waals surface area contributed by atoms with E-state index in [2.05, 4.69) is 23.6 Å². The van der Waals surface area contributed by atoms with E-state index in [0.717, 1.165) is 12.1 Å². The summed E-state index contributed by atoms with van der Waals surface area (Å²) in [6.45, 7) is 3.44. The third-order valence-corrected chi connectivity index (χ3v) is 2.36. The molecule has 14 heavy (non-hydrogen) atoms. The Morgan fingerprint density at radius 3 is 2.93 bits per heavy atom. The fourth-order valence-electron chi connectivity index (χ4n) is 1.70. The van der Waals surface area contributed by atoms with E-state index in [-0.39, 0.29) is 0 Å². The first-order chi connectivity index (χ1) is 6.86. The number of aromatic nitrogens is 2. The van der Waals surface area contributed by atoms with Crippen LogP contribution in [0.3, 0.4) is 0 Å². The van der Waals surface area contributed by atoms with Gasteiger partial charge in [0, 0.05) is 0 Å². The van der Waals surface area contributed by atoms with Crippen molar-refractivity contribution in [1.82, 2.24) is 4.57 Å². The highest BCUT2D eigenvalue weighted by Crippen LogP contribution is 2.09. The fourth-order valence-corrected chi connectivity index (χ4v) is 1.70. The molecule has 0 bridgehead atoms. The van der Waals surface area contributed by atoms with Crippen molar-refractivity contribution in [1.29, 1.82) is 5.26 Å². The highest BCUT2D eigenvalue weighted by Gasteiger charge is 2.12. The molecule has 0 unspecified atom stereocenters. The van der Waals surface area contributed by atoms with Crippen LogP contribution in [0, 0.1) is 11.3 Å². The predicted octanol–water partition coefficient (Wildman–Crippen LogP) is 1.47. The Morgan fingerprint density at radius 2 is 2.21 bits per heavy atom. The highest BCUT2D eigenvalue weighted by atomic mass is 15.1. The molecule has 0 aliphatic carbocycles. The Labute approximate surface area is 82.8 Å². The minimum Gasteiger partial charge on any atom is -0.230 e. The van der Waals surface area contributed by atoms with Gasteiger partial charge >= 0.3 is 0 Å². The number of nitrogens with zero attached hydrogens (tertiary/aromatic N) is 3. The molecule has 0 radical (unpaired) electrons. The molecular formula is C11H12N3+. The van der Waals surface area contributed by atoms with Crippen molar-refractivity contribution in [2.75, 3.05) is 0 Å². The molecule has 0 atom stereocenters. The SMILES string of the molecule is CCn1c[n+](CC#N)c2ccccc21. The van der Waals surface area contributed by atoms with Gasteiger partial charge in [-0.05, 0) is 19.1 Å². The summed E-state index contributed by atoms with van der Waals surface area (Å²) in [5.74, 6) is 0. The number of fused-ring (bicyclic) bond motifs is 1. The average Bonchev–Trinajstić information content (AvgIpc) is 2.58. The van der Waals surface area contributed by atoms with Gasteiger partial charge in [-0.2, -0.15) is 5.26 Å². The molecule has 0 aliphatic rings. The molecule has 0 aliphatic heterocycles. The quantitative estimate of drug-likeness (QED) is 0.654. The second-order valence-electron chi connectivity index (χ2n) is 3.18. The molecule has 3 nitrogen and oxygen atoms in total. The monoisotopic (exact) mass is 186 g/mol. The number of hydrogen-bond acceptors (Lipinski definition) is 1. The van der Waals surface area contributed by atoms with E-state index in [1.54, 1.807) is 0 Å². The van der Waals surface area contributed by atoms with Gasteiger partial charge in [-0.1, -0.05) is 12.1 Å². The molecule has 1 aromatic heterocycles. The van der Waals surface area contributed by atoms with E-state index in [9.17, 15) is 0 Å². The van der Waals surface area contributed by atoms with E-state index in [1.165, 1.54) is 5.52 Å². The summed E-state index contributed by atoms with van der Waals surface area (Å²) < 4.78 is 4.12. The van der Waals surface area contributed by atoms with Crippen molar-refractivity contribution in [3.63, 3.8) is 0 Å². The van der Waals surface area contributed by atoms with E-state index in [4.69, 9.17) is 5.26 Å². The Morgan fingerprint density at radius 1 is 1.43 bits per heavy atom. The lowest BCUT2D eigenvalue weighted by Crippen LogP contribution is -2.31. The van der Waals surface area contributed by atoms with Gasteiger partial charge in [-0.3, -0.25) is 0 Å². The molecule has 1 aromatic carbocycles. The standard InChI is InChI=1S/C11H12N3/c1-2-13-9-14(8-7-12)11-6-4-3-5-10(11)13/h3-6,9H,2,8H2,1H3/q+1. The topological polar surface area (TPSA) is 32.6 Å². The van der Waals surface area contributed by atoms with Crippen molar-refractivity contribution in [2.24, 2.45) is 0 Å². The summed E-state index contributed by atoms with van der Waals surface area (Å²) in [4.78, 5) is 0. The maximum atomic E-state index is 8.68. The highest BCUT2D eigenvalue weighted by molar-refractivity contribution is 5.71. The van der Waals surface area contributed by atoms with Gasteiger partial charge in [0.05, 0.1) is 6.54 Å². The Bertz CT molecular complexity index is 491. The third kappa shape index (κ3) is 1.25. The summed E-state index contributed by atoms with van der Waals surface area (Å²) >= 11 is 0. The molecule has 0 N–H and O–H groups in total. The van der Waals surface area contributed by atoms with Crippen molar-refractivity contribution >= 4 is 11.0 Å². The summed E-state index contributed by atoms with van der Waals surface area (Å²) in [7, 11) is 0. The van der Waals surface area contributed by atoms with Gasteiger partial charge < -0.3 is 0 Å². The molecular weight excluding hydrogens is 174 g/mol. The maximum absolute atomic E-state index is 8.68. The number of nitriles is 1. The molecule has 2 rings (SSSR count). The fraction of sp³-hybridized carbons (Fsp3) is 0.273. The molecule has 1 heterocycles. The van der Waals surface area contributed by atoms with Gasteiger partial charge in [0.1, 0.15) is 6.07 Å². The van der Waals surface area contributed by atoms with E-state index < -0.39 is 0 Å². The first kappa shape index (κ1) is 8.76. The molecule has 3 heteroatoms. The number of aryl methyl sites for hydroxylation is 1. The third-order valence-electron chi connectivity index (χ3n) is 2.36. The maximum Gasteiger partial charge on any atom is 0.245 e. The van der Waals surface area contributed by atoms with Crippen molar-refractivity contribution in [3.05, 3.63) is 30.6 Å². The lowest BCUT2D eigenvalue weighted by molar-refractivity contribution is -0.659. The Hall–Kier alpha value is -1.82. The van der Waals surface area contributed by atoms with Gasteiger partial charge in [0.25, 0.3) is 0 Å². The number of para-hydroxylation sites is 2. The first-order valence-corrected chi connectivity index (χ1v) is 4.71. The van der Waals surface area contributed by atoms with Crippen LogP contribution in [0.5, 0.6) is 0 Å². The second kappa shape index (κ2) is 3.51. The van der Waals surface area contributed by atoms with Crippen molar-refractivity contribution in [2.45, 2.75) is 20.0 Å². The van der Waals surface area contributed by atoms with Gasteiger partial charge in [0.15, 0.2) is 17.6 Å². The van der Waals surface area contributed by atoms with Crippen molar-refractivity contribution < 1.29 is 4.57 Å². The van der Waals surface area contributed by atoms with Crippen molar-refractivity contribution in [3.8, 4) is 6.07 Å². The van der Waals surface area contributed by atoms with E-state index >= 15 is 0 Å². The molecule has 0 spiro atoms. The molecule has 2 aromatic rings. The second-order valence-corrected chi connectivity index (χ2v) is 3.18. The van der Waals surface area contributed by atoms with Crippen LogP contribution in [0.4, 0.5) is 0 Å². The molecule has 0 saturated heterocycles. The Balaban J connectivity index is 2.68. The van der Waals surface area contributed by atoms with Crippen LogP contribution in [-0.2, 0) is 13.1 Å². The normalized spacial score (nSPS) is 10.3. The van der Waals surface area contributed by atoms with Gasteiger partial charge in [-0.15, -0.1) is 0 Å². The van der Waals surface area contributed by atoms with Crippen LogP contribution in [0.1, 0.15) is 6.92 Å². The minimum absolute atomic E-state index is 0.410. The summed E-state index contributed by atoms with van der Waals surface area (Å²) in [6, 6.07) is 10.3. The number of imidazole rings is 1. The zero-order chi connectivity index (χ0) is 9.97. The summed E-state index contributed by atoms with van der Waals surface area (Å²) in [5.41, 5.74) is 2.31. The predicted molar refractivity (Wildman–Crippen MR) is 53.4 cm³/mol. The molecule has 0 fully saturated rings. The van der Waals surface area contributed by atoms with Gasteiger partial charge in [0.2, 0.25) is 6.33 Å². The van der Waals surface area contributed by atoms with E-state index in [1.807, 2.05) is 29.1 Å². The number of hydrogen-bond donors (Lipinski definition) is 0. The van der Waals surface area contributed by atoms with Crippen LogP contribution in [0.2, 0.25) is 0 Å². The largest absolute Gasteiger partial charge is 0.245 e. The molecule has 0 amide bonds. The van der Waals surface area contributed by atoms with E-state index in [0.29, 0.717) is 6.54 Å². The summed E-state index contributed by atoms with van der Waals surface area (Å²) in [5, 5.41) is 8.68. The van der Waals surface area contributed by atoms with Gasteiger partial charge in [-0.25, -0.2) is 9.13 Å². The van der Waals surface area contributed by atoms with Crippen LogP contribution in [0.25, 0.3) is 11.0 Å².